The first-order valence-corrected chi connectivity index (χ1v) is 14.3. The smallest absolute Gasteiger partial charge is 0.141 e. The minimum absolute atomic E-state index is 0.0360. The standard InChI is InChI=1S/C28H39N7S.CH5N.CH2O/c1-19-7-8-20(16-36-17-24(30)28(2,3)4)15-21(19)9-10-23(29)25-26(31-5)32-18-33-27(25)34-22-11-13-35(6)14-12-22;2*1-2/h7-8,15,17-18,22,29H,11-14,16,30H2,1-6H3,(H2,31,32,33,34);2H2,1H3;1H2/b24-17-,29-23?;;. The number of aromatic nitrogens is 2. The van der Waals surface area contributed by atoms with E-state index in [1.165, 1.54) is 18.9 Å². The van der Waals surface area contributed by atoms with Gasteiger partial charge in [0.05, 0.1) is 5.56 Å². The molecule has 0 spiro atoms. The van der Waals surface area contributed by atoms with E-state index in [-0.39, 0.29) is 11.1 Å². The molecule has 1 aromatic heterocycles. The normalized spacial score (nSPS) is 13.9. The largest absolute Gasteiger partial charge is 0.401 e. The number of carbonyl (C=O) groups is 1. The van der Waals surface area contributed by atoms with Gasteiger partial charge in [-0.2, -0.15) is 0 Å². The van der Waals surface area contributed by atoms with Gasteiger partial charge in [0, 0.05) is 35.5 Å². The molecule has 1 aromatic carbocycles. The van der Waals surface area contributed by atoms with Crippen LogP contribution in [0.1, 0.15) is 55.9 Å². The lowest BCUT2D eigenvalue weighted by Crippen LogP contribution is -2.37. The zero-order valence-corrected chi connectivity index (χ0v) is 25.8. The molecule has 40 heavy (non-hydrogen) atoms. The van der Waals surface area contributed by atoms with Crippen LogP contribution in [0.4, 0.5) is 11.6 Å². The third kappa shape index (κ3) is 10.6. The van der Waals surface area contributed by atoms with Gasteiger partial charge in [-0.25, -0.2) is 9.97 Å². The van der Waals surface area contributed by atoms with Crippen LogP contribution in [0.15, 0.2) is 35.6 Å². The lowest BCUT2D eigenvalue weighted by molar-refractivity contribution is -0.0980. The Morgan fingerprint density at radius 2 is 1.85 bits per heavy atom. The Balaban J connectivity index is 0.00000191. The molecule has 0 radical (unpaired) electrons. The number of hydrogen-bond donors (Lipinski definition) is 5. The van der Waals surface area contributed by atoms with Crippen LogP contribution in [0.5, 0.6) is 0 Å². The molecular formula is C30H46N8OS. The number of nitrogens with zero attached hydrogens (tertiary/aromatic N) is 3. The maximum atomic E-state index is 8.79. The molecule has 2 heterocycles. The molecule has 7 N–H and O–H groups in total. The number of hydrogen-bond acceptors (Lipinski definition) is 10. The number of thioether (sulfide) groups is 1. The summed E-state index contributed by atoms with van der Waals surface area (Å²) in [5.74, 6) is 8.36. The Hall–Kier alpha value is -3.39. The van der Waals surface area contributed by atoms with Crippen molar-refractivity contribution in [3.8, 4) is 11.8 Å². The molecule has 10 heteroatoms. The van der Waals surface area contributed by atoms with Crippen molar-refractivity contribution in [3.63, 3.8) is 0 Å². The Morgan fingerprint density at radius 1 is 1.23 bits per heavy atom. The van der Waals surface area contributed by atoms with Gasteiger partial charge in [-0.05, 0) is 75.5 Å². The second-order valence-corrected chi connectivity index (χ2v) is 11.2. The van der Waals surface area contributed by atoms with Gasteiger partial charge in [0.25, 0.3) is 0 Å². The summed E-state index contributed by atoms with van der Waals surface area (Å²) in [7, 11) is 5.45. The number of likely N-dealkylation sites (tertiary alicyclic amines) is 1. The van der Waals surface area contributed by atoms with Crippen LogP contribution in [0, 0.1) is 29.6 Å². The fourth-order valence-electron chi connectivity index (χ4n) is 3.76. The molecule has 1 fully saturated rings. The number of piperidine rings is 1. The minimum atomic E-state index is -0.0360. The van der Waals surface area contributed by atoms with Gasteiger partial charge in [-0.1, -0.05) is 38.8 Å². The van der Waals surface area contributed by atoms with Crippen molar-refractivity contribution in [1.82, 2.24) is 14.9 Å². The van der Waals surface area contributed by atoms with Crippen LogP contribution in [-0.4, -0.2) is 67.6 Å². The molecule has 0 bridgehead atoms. The quantitative estimate of drug-likeness (QED) is 0.245. The third-order valence-corrected chi connectivity index (χ3v) is 7.26. The van der Waals surface area contributed by atoms with Crippen molar-refractivity contribution in [3.05, 3.63) is 57.9 Å². The fourth-order valence-corrected chi connectivity index (χ4v) is 4.75. The van der Waals surface area contributed by atoms with Crippen LogP contribution in [0.25, 0.3) is 0 Å². The predicted octanol–water partition coefficient (Wildman–Crippen LogP) is 4.22. The van der Waals surface area contributed by atoms with Crippen molar-refractivity contribution >= 4 is 35.9 Å². The highest BCUT2D eigenvalue weighted by atomic mass is 32.2. The zero-order chi connectivity index (χ0) is 30.3. The molecule has 0 aliphatic carbocycles. The molecule has 0 unspecified atom stereocenters. The number of carbonyl (C=O) groups excluding carboxylic acids is 1. The lowest BCUT2D eigenvalue weighted by Gasteiger charge is -2.30. The second-order valence-electron chi connectivity index (χ2n) is 10.3. The van der Waals surface area contributed by atoms with E-state index in [9.17, 15) is 0 Å². The number of aryl methyl sites for hydroxylation is 1. The molecule has 218 valence electrons. The summed E-state index contributed by atoms with van der Waals surface area (Å²) in [6, 6.07) is 6.62. The van der Waals surface area contributed by atoms with Crippen LogP contribution in [-0.2, 0) is 10.5 Å². The van der Waals surface area contributed by atoms with Gasteiger partial charge in [0.1, 0.15) is 30.5 Å². The summed E-state index contributed by atoms with van der Waals surface area (Å²) in [5.41, 5.74) is 15.5. The third-order valence-electron chi connectivity index (χ3n) is 6.34. The van der Waals surface area contributed by atoms with E-state index >= 15 is 0 Å². The first-order chi connectivity index (χ1) is 19.1. The maximum absolute atomic E-state index is 8.79. The minimum Gasteiger partial charge on any atom is -0.401 e. The molecule has 0 saturated carbocycles. The van der Waals surface area contributed by atoms with E-state index in [4.69, 9.17) is 15.9 Å². The highest BCUT2D eigenvalue weighted by molar-refractivity contribution is 8.01. The number of nitrogens with two attached hydrogens (primary N) is 2. The molecule has 1 aliphatic heterocycles. The Labute approximate surface area is 244 Å². The first kappa shape index (κ1) is 34.6. The summed E-state index contributed by atoms with van der Waals surface area (Å²) >= 11 is 1.69. The summed E-state index contributed by atoms with van der Waals surface area (Å²) in [4.78, 5) is 19.1. The monoisotopic (exact) mass is 566 g/mol. The van der Waals surface area contributed by atoms with Crippen LogP contribution < -0.4 is 22.1 Å². The number of anilines is 2. The summed E-state index contributed by atoms with van der Waals surface area (Å²) in [5, 5.41) is 17.5. The molecule has 1 saturated heterocycles. The van der Waals surface area contributed by atoms with E-state index in [0.717, 1.165) is 48.5 Å². The van der Waals surface area contributed by atoms with Crippen molar-refractivity contribution < 1.29 is 4.79 Å². The van der Waals surface area contributed by atoms with Crippen LogP contribution in [0.2, 0.25) is 0 Å². The molecular weight excluding hydrogens is 520 g/mol. The highest BCUT2D eigenvalue weighted by Crippen LogP contribution is 2.26. The van der Waals surface area contributed by atoms with Crippen molar-refractivity contribution in [2.24, 2.45) is 16.9 Å². The van der Waals surface area contributed by atoms with Gasteiger partial charge in [-0.15, -0.1) is 11.8 Å². The molecule has 0 amide bonds. The number of allylic oxidation sites excluding steroid dienone is 1. The Morgan fingerprint density at radius 3 is 2.45 bits per heavy atom. The number of benzene rings is 1. The zero-order valence-electron chi connectivity index (χ0n) is 25.0. The summed E-state index contributed by atoms with van der Waals surface area (Å²) < 4.78 is 0. The fraction of sp³-hybridized carbons (Fsp3) is 0.467. The van der Waals surface area contributed by atoms with E-state index in [1.807, 2.05) is 19.1 Å². The molecule has 3 rings (SSSR count). The van der Waals surface area contributed by atoms with Gasteiger partial charge in [0.15, 0.2) is 0 Å². The van der Waals surface area contributed by atoms with Gasteiger partial charge < -0.3 is 31.8 Å². The number of rotatable bonds is 7. The van der Waals surface area contributed by atoms with Crippen LogP contribution in [0.3, 0.4) is 0 Å². The highest BCUT2D eigenvalue weighted by Gasteiger charge is 2.21. The number of nitrogens with one attached hydrogen (secondary N) is 3. The molecule has 1 aliphatic rings. The van der Waals surface area contributed by atoms with Crippen molar-refractivity contribution in [2.45, 2.75) is 52.3 Å². The summed E-state index contributed by atoms with van der Waals surface area (Å²) in [6.45, 7) is 12.5. The summed E-state index contributed by atoms with van der Waals surface area (Å²) in [6.07, 6.45) is 3.60. The van der Waals surface area contributed by atoms with Gasteiger partial charge in [-0.3, -0.25) is 5.41 Å². The lowest BCUT2D eigenvalue weighted by atomic mass is 9.94. The molecule has 9 nitrogen and oxygen atoms in total. The molecule has 2 aromatic rings. The topological polar surface area (TPSA) is 146 Å². The average molecular weight is 567 g/mol. The predicted molar refractivity (Wildman–Crippen MR) is 171 cm³/mol. The Bertz CT molecular complexity index is 1190. The second kappa shape index (κ2) is 17.3. The van der Waals surface area contributed by atoms with E-state index < -0.39 is 0 Å². The van der Waals surface area contributed by atoms with E-state index in [2.05, 4.69) is 89.1 Å². The Kier molecular flexibility index (Phi) is 15.0. The van der Waals surface area contributed by atoms with E-state index in [0.29, 0.717) is 23.2 Å². The van der Waals surface area contributed by atoms with Gasteiger partial charge in [0.2, 0.25) is 0 Å². The maximum Gasteiger partial charge on any atom is 0.141 e. The first-order valence-electron chi connectivity index (χ1n) is 13.2. The van der Waals surface area contributed by atoms with Gasteiger partial charge >= 0.3 is 0 Å². The SMILES string of the molecule is C=O.CN.CNc1ncnc(NC2CCN(C)CC2)c1C(=N)C#Cc1cc(CS/C=C(\N)C(C)(C)C)ccc1C. The molecule has 0 atom stereocenters. The van der Waals surface area contributed by atoms with Crippen LogP contribution >= 0.6 is 11.8 Å². The van der Waals surface area contributed by atoms with Crippen molar-refractivity contribution in [2.75, 3.05) is 44.9 Å². The van der Waals surface area contributed by atoms with Crippen molar-refractivity contribution in [1.29, 1.82) is 5.41 Å². The van der Waals surface area contributed by atoms with E-state index in [1.54, 1.807) is 18.8 Å². The average Bonchev–Trinajstić information content (AvgIpc) is 2.95.